The molecule has 88 valence electrons. The summed E-state index contributed by atoms with van der Waals surface area (Å²) in [5.41, 5.74) is 1.82. The zero-order chi connectivity index (χ0) is 12.4. The van der Waals surface area contributed by atoms with Crippen LogP contribution in [-0.4, -0.2) is 9.97 Å². The van der Waals surface area contributed by atoms with E-state index in [2.05, 4.69) is 15.3 Å². The molecule has 0 aliphatic carbocycles. The highest BCUT2D eigenvalue weighted by molar-refractivity contribution is 5.79. The number of benzene rings is 1. The molecule has 2 heterocycles. The molecule has 2 N–H and O–H groups in total. The second kappa shape index (κ2) is 4.33. The molecule has 4 heteroatoms. The van der Waals surface area contributed by atoms with E-state index in [4.69, 9.17) is 0 Å². The van der Waals surface area contributed by atoms with E-state index in [9.17, 15) is 4.79 Å². The van der Waals surface area contributed by atoms with Crippen LogP contribution in [0.4, 0.5) is 11.4 Å². The molecule has 0 atom stereocenters. The van der Waals surface area contributed by atoms with Gasteiger partial charge < -0.3 is 10.3 Å². The predicted octanol–water partition coefficient (Wildman–Crippen LogP) is 2.67. The van der Waals surface area contributed by atoms with Gasteiger partial charge in [0.1, 0.15) is 11.3 Å². The maximum absolute atomic E-state index is 11.9. The number of aromatic nitrogens is 2. The topological polar surface area (TPSA) is 57.8 Å². The van der Waals surface area contributed by atoms with Crippen molar-refractivity contribution in [1.29, 1.82) is 0 Å². The van der Waals surface area contributed by atoms with Gasteiger partial charge in [-0.15, -0.1) is 0 Å². The van der Waals surface area contributed by atoms with Crippen molar-refractivity contribution in [2.45, 2.75) is 0 Å². The predicted molar refractivity (Wildman–Crippen MR) is 72.1 cm³/mol. The van der Waals surface area contributed by atoms with Crippen LogP contribution in [0.2, 0.25) is 0 Å². The Hall–Kier alpha value is -2.62. The van der Waals surface area contributed by atoms with Crippen LogP contribution in [0, 0.1) is 0 Å². The first-order chi connectivity index (χ1) is 8.83. The van der Waals surface area contributed by atoms with Crippen molar-refractivity contribution in [3.8, 4) is 0 Å². The minimum Gasteiger partial charge on any atom is -0.351 e. The quantitative estimate of drug-likeness (QED) is 0.720. The molecule has 0 amide bonds. The van der Waals surface area contributed by atoms with Gasteiger partial charge in [-0.05, 0) is 30.3 Å². The number of pyridine rings is 2. The second-order valence-corrected chi connectivity index (χ2v) is 3.94. The van der Waals surface area contributed by atoms with Crippen molar-refractivity contribution in [3.05, 3.63) is 65.1 Å². The van der Waals surface area contributed by atoms with Crippen LogP contribution in [-0.2, 0) is 0 Å². The summed E-state index contributed by atoms with van der Waals surface area (Å²) in [5.74, 6) is 0. The summed E-state index contributed by atoms with van der Waals surface area (Å²) in [6, 6.07) is 15.1. The second-order valence-electron chi connectivity index (χ2n) is 3.94. The molecular weight excluding hydrogens is 226 g/mol. The Morgan fingerprint density at radius 2 is 1.89 bits per heavy atom. The number of hydrogen-bond acceptors (Lipinski definition) is 3. The average Bonchev–Trinajstić information content (AvgIpc) is 2.41. The highest BCUT2D eigenvalue weighted by Crippen LogP contribution is 2.15. The van der Waals surface area contributed by atoms with E-state index in [-0.39, 0.29) is 5.56 Å². The molecule has 3 aromatic rings. The number of nitrogens with zero attached hydrogens (tertiary/aromatic N) is 1. The van der Waals surface area contributed by atoms with Gasteiger partial charge in [-0.2, -0.15) is 0 Å². The average molecular weight is 237 g/mol. The Morgan fingerprint density at radius 3 is 2.72 bits per heavy atom. The molecule has 0 radical (unpaired) electrons. The molecule has 0 bridgehead atoms. The summed E-state index contributed by atoms with van der Waals surface area (Å²) in [6.45, 7) is 0. The number of fused-ring (bicyclic) bond motifs is 1. The maximum atomic E-state index is 11.9. The standard InChI is InChI=1S/C14H11N3O/c18-14-12(16-11-6-2-1-3-7-11)9-10-5-4-8-15-13(10)17-14/h1-9,16H,(H,15,17,18). The van der Waals surface area contributed by atoms with Crippen molar-refractivity contribution in [2.24, 2.45) is 0 Å². The number of anilines is 2. The summed E-state index contributed by atoms with van der Waals surface area (Å²) in [6.07, 6.45) is 1.66. The van der Waals surface area contributed by atoms with Gasteiger partial charge in [0, 0.05) is 17.3 Å². The minimum atomic E-state index is -0.176. The fourth-order valence-corrected chi connectivity index (χ4v) is 1.80. The van der Waals surface area contributed by atoms with E-state index in [1.807, 2.05) is 42.5 Å². The molecule has 0 fully saturated rings. The summed E-state index contributed by atoms with van der Waals surface area (Å²) < 4.78 is 0. The van der Waals surface area contributed by atoms with E-state index < -0.39 is 0 Å². The first kappa shape index (κ1) is 10.5. The van der Waals surface area contributed by atoms with Gasteiger partial charge in [-0.3, -0.25) is 4.79 Å². The molecule has 18 heavy (non-hydrogen) atoms. The van der Waals surface area contributed by atoms with Crippen molar-refractivity contribution >= 4 is 22.4 Å². The number of aromatic amines is 1. The highest BCUT2D eigenvalue weighted by Gasteiger charge is 2.03. The molecule has 3 rings (SSSR count). The molecule has 1 aromatic carbocycles. The van der Waals surface area contributed by atoms with Gasteiger partial charge in [0.2, 0.25) is 0 Å². The molecule has 0 saturated carbocycles. The number of para-hydroxylation sites is 1. The van der Waals surface area contributed by atoms with Gasteiger partial charge in [0.05, 0.1) is 0 Å². The highest BCUT2D eigenvalue weighted by atomic mass is 16.1. The largest absolute Gasteiger partial charge is 0.351 e. The van der Waals surface area contributed by atoms with Gasteiger partial charge in [0.25, 0.3) is 5.56 Å². The van der Waals surface area contributed by atoms with E-state index in [1.165, 1.54) is 0 Å². The Kier molecular flexibility index (Phi) is 2.53. The lowest BCUT2D eigenvalue weighted by molar-refractivity contribution is 1.23. The SMILES string of the molecule is O=c1[nH]c2ncccc2cc1Nc1ccccc1. The van der Waals surface area contributed by atoms with Crippen molar-refractivity contribution in [1.82, 2.24) is 9.97 Å². The summed E-state index contributed by atoms with van der Waals surface area (Å²) in [4.78, 5) is 18.7. The maximum Gasteiger partial charge on any atom is 0.273 e. The first-order valence-corrected chi connectivity index (χ1v) is 5.63. The lowest BCUT2D eigenvalue weighted by atomic mass is 10.2. The van der Waals surface area contributed by atoms with Crippen LogP contribution in [0.5, 0.6) is 0 Å². The van der Waals surface area contributed by atoms with Gasteiger partial charge in [-0.1, -0.05) is 18.2 Å². The van der Waals surface area contributed by atoms with E-state index >= 15 is 0 Å². The molecule has 0 aliphatic rings. The van der Waals surface area contributed by atoms with Crippen LogP contribution in [0.3, 0.4) is 0 Å². The molecule has 0 unspecified atom stereocenters. The monoisotopic (exact) mass is 237 g/mol. The smallest absolute Gasteiger partial charge is 0.273 e. The third-order valence-corrected chi connectivity index (χ3v) is 2.67. The lowest BCUT2D eigenvalue weighted by Gasteiger charge is -2.06. The Morgan fingerprint density at radius 1 is 1.06 bits per heavy atom. The van der Waals surface area contributed by atoms with Crippen molar-refractivity contribution in [2.75, 3.05) is 5.32 Å². The van der Waals surface area contributed by atoms with Crippen LogP contribution < -0.4 is 10.9 Å². The third-order valence-electron chi connectivity index (χ3n) is 2.67. The van der Waals surface area contributed by atoms with Crippen molar-refractivity contribution < 1.29 is 0 Å². The van der Waals surface area contributed by atoms with Crippen LogP contribution >= 0.6 is 0 Å². The van der Waals surface area contributed by atoms with Crippen LogP contribution in [0.15, 0.2) is 59.5 Å². The molecule has 0 aliphatic heterocycles. The number of hydrogen-bond donors (Lipinski definition) is 2. The third kappa shape index (κ3) is 1.96. The van der Waals surface area contributed by atoms with Gasteiger partial charge in [-0.25, -0.2) is 4.98 Å². The fraction of sp³-hybridized carbons (Fsp3) is 0. The minimum absolute atomic E-state index is 0.176. The van der Waals surface area contributed by atoms with Gasteiger partial charge in [0.15, 0.2) is 0 Å². The number of H-pyrrole nitrogens is 1. The fourth-order valence-electron chi connectivity index (χ4n) is 1.80. The number of rotatable bonds is 2. The Balaban J connectivity index is 2.07. The van der Waals surface area contributed by atoms with Crippen LogP contribution in [0.25, 0.3) is 11.0 Å². The molecule has 0 saturated heterocycles. The summed E-state index contributed by atoms with van der Waals surface area (Å²) in [7, 11) is 0. The molecule has 2 aromatic heterocycles. The summed E-state index contributed by atoms with van der Waals surface area (Å²) in [5, 5.41) is 3.99. The van der Waals surface area contributed by atoms with Crippen LogP contribution in [0.1, 0.15) is 0 Å². The molecule has 4 nitrogen and oxygen atoms in total. The zero-order valence-electron chi connectivity index (χ0n) is 9.55. The normalized spacial score (nSPS) is 10.4. The Labute approximate surface area is 103 Å². The molecular formula is C14H11N3O. The summed E-state index contributed by atoms with van der Waals surface area (Å²) >= 11 is 0. The first-order valence-electron chi connectivity index (χ1n) is 5.63. The molecule has 0 spiro atoms. The van der Waals surface area contributed by atoms with E-state index in [0.29, 0.717) is 11.3 Å². The van der Waals surface area contributed by atoms with Crippen molar-refractivity contribution in [3.63, 3.8) is 0 Å². The lowest BCUT2D eigenvalue weighted by Crippen LogP contribution is -2.11. The number of nitrogens with one attached hydrogen (secondary N) is 2. The zero-order valence-corrected chi connectivity index (χ0v) is 9.55. The van der Waals surface area contributed by atoms with Gasteiger partial charge >= 0.3 is 0 Å². The van der Waals surface area contributed by atoms with E-state index in [1.54, 1.807) is 12.3 Å². The Bertz CT molecular complexity index is 735. The van der Waals surface area contributed by atoms with E-state index in [0.717, 1.165) is 11.1 Å².